The molecule has 0 saturated carbocycles. The first-order valence-corrected chi connectivity index (χ1v) is 11.9. The van der Waals surface area contributed by atoms with E-state index in [9.17, 15) is 4.79 Å². The van der Waals surface area contributed by atoms with E-state index in [4.69, 9.17) is 14.5 Å². The van der Waals surface area contributed by atoms with Gasteiger partial charge in [0.1, 0.15) is 18.1 Å². The summed E-state index contributed by atoms with van der Waals surface area (Å²) in [4.78, 5) is 19.9. The van der Waals surface area contributed by atoms with Gasteiger partial charge in [0.2, 0.25) is 5.91 Å². The highest BCUT2D eigenvalue weighted by molar-refractivity contribution is 5.77. The van der Waals surface area contributed by atoms with E-state index in [1.54, 1.807) is 7.11 Å². The fourth-order valence-corrected chi connectivity index (χ4v) is 4.14. The van der Waals surface area contributed by atoms with Gasteiger partial charge in [-0.15, -0.1) is 0 Å². The minimum Gasteiger partial charge on any atom is -0.497 e. The lowest BCUT2D eigenvalue weighted by Gasteiger charge is -2.26. The van der Waals surface area contributed by atoms with Crippen molar-refractivity contribution in [3.63, 3.8) is 0 Å². The van der Waals surface area contributed by atoms with Gasteiger partial charge in [-0.3, -0.25) is 9.69 Å². The van der Waals surface area contributed by atoms with Gasteiger partial charge >= 0.3 is 0 Å². The predicted octanol–water partition coefficient (Wildman–Crippen LogP) is 3.63. The molecule has 1 aromatic heterocycles. The molecule has 4 rings (SSSR count). The maximum atomic E-state index is 12.5. The summed E-state index contributed by atoms with van der Waals surface area (Å²) in [5, 5.41) is 2.97. The van der Waals surface area contributed by atoms with Crippen LogP contribution in [0.15, 0.2) is 54.7 Å². The molecule has 3 aromatic rings. The molecule has 0 atom stereocenters. The average Bonchev–Trinajstić information content (AvgIpc) is 3.26. The molecule has 0 bridgehead atoms. The molecule has 1 saturated heterocycles. The van der Waals surface area contributed by atoms with Crippen LogP contribution in [0.2, 0.25) is 0 Å². The van der Waals surface area contributed by atoms with Gasteiger partial charge in [0.25, 0.3) is 0 Å². The molecular weight excluding hydrogens is 428 g/mol. The number of hydrogen-bond donors (Lipinski definition) is 1. The highest BCUT2D eigenvalue weighted by atomic mass is 16.5. The lowest BCUT2D eigenvalue weighted by atomic mass is 10.1. The van der Waals surface area contributed by atoms with Gasteiger partial charge in [-0.2, -0.15) is 0 Å². The van der Waals surface area contributed by atoms with Gasteiger partial charge in [0.15, 0.2) is 0 Å². The van der Waals surface area contributed by atoms with Crippen LogP contribution in [0, 0.1) is 0 Å². The molecule has 0 spiro atoms. The van der Waals surface area contributed by atoms with Crippen LogP contribution >= 0.6 is 0 Å². The van der Waals surface area contributed by atoms with Gasteiger partial charge in [-0.05, 0) is 38.0 Å². The molecule has 0 aliphatic carbocycles. The summed E-state index contributed by atoms with van der Waals surface area (Å²) in [5.74, 6) is 1.45. The number of aromatic nitrogens is 2. The summed E-state index contributed by atoms with van der Waals surface area (Å²) in [6.07, 6.45) is 2.97. The molecule has 34 heavy (non-hydrogen) atoms. The topological polar surface area (TPSA) is 68.6 Å². The van der Waals surface area contributed by atoms with Crippen LogP contribution in [0.1, 0.15) is 19.4 Å². The Balaban J connectivity index is 1.55. The molecule has 1 fully saturated rings. The fourth-order valence-electron chi connectivity index (χ4n) is 4.14. The molecule has 0 radical (unpaired) electrons. The van der Waals surface area contributed by atoms with Crippen molar-refractivity contribution in [1.29, 1.82) is 0 Å². The maximum Gasteiger partial charge on any atom is 0.240 e. The molecule has 2 aromatic carbocycles. The predicted molar refractivity (Wildman–Crippen MR) is 134 cm³/mol. The SMILES string of the molecule is COc1cccc(-c2nc(-c3ccc(CCN4CCOCC4)cc3)cn2CC(=O)NC(C)C)c1. The first-order chi connectivity index (χ1) is 16.5. The standard InChI is InChI=1S/C27H34N4O3/c1-20(2)28-26(32)19-31-18-25(29-27(31)23-5-4-6-24(17-23)33-3)22-9-7-21(8-10-22)11-12-30-13-15-34-16-14-30/h4-10,17-18,20H,11-16,19H2,1-3H3,(H,28,32). The van der Waals surface area contributed by atoms with Crippen molar-refractivity contribution >= 4 is 5.91 Å². The second kappa shape index (κ2) is 11.3. The third-order valence-electron chi connectivity index (χ3n) is 5.94. The first-order valence-electron chi connectivity index (χ1n) is 11.9. The minimum absolute atomic E-state index is 0.0402. The van der Waals surface area contributed by atoms with Crippen LogP contribution in [-0.2, 0) is 22.5 Å². The van der Waals surface area contributed by atoms with Crippen molar-refractivity contribution < 1.29 is 14.3 Å². The summed E-state index contributed by atoms with van der Waals surface area (Å²) in [5.41, 5.74) is 4.08. The molecule has 180 valence electrons. The summed E-state index contributed by atoms with van der Waals surface area (Å²) in [6, 6.07) is 16.4. The number of ether oxygens (including phenoxy) is 2. The van der Waals surface area contributed by atoms with Crippen molar-refractivity contribution in [3.8, 4) is 28.4 Å². The Morgan fingerprint density at radius 2 is 1.88 bits per heavy atom. The summed E-state index contributed by atoms with van der Waals surface area (Å²) in [6.45, 7) is 8.83. The van der Waals surface area contributed by atoms with Gasteiger partial charge in [-0.1, -0.05) is 36.4 Å². The zero-order chi connectivity index (χ0) is 23.9. The third-order valence-corrected chi connectivity index (χ3v) is 5.94. The van der Waals surface area contributed by atoms with Crippen LogP contribution in [-0.4, -0.2) is 66.4 Å². The van der Waals surface area contributed by atoms with Crippen LogP contribution in [0.25, 0.3) is 22.6 Å². The number of nitrogens with one attached hydrogen (secondary N) is 1. The monoisotopic (exact) mass is 462 g/mol. The van der Waals surface area contributed by atoms with Crippen LogP contribution < -0.4 is 10.1 Å². The molecule has 1 aliphatic rings. The summed E-state index contributed by atoms with van der Waals surface area (Å²) >= 11 is 0. The Kier molecular flexibility index (Phi) is 7.98. The Morgan fingerprint density at radius 3 is 2.59 bits per heavy atom. The van der Waals surface area contributed by atoms with Crippen molar-refractivity contribution in [2.75, 3.05) is 40.0 Å². The number of nitrogens with zero attached hydrogens (tertiary/aromatic N) is 3. The number of rotatable bonds is 9. The molecule has 1 aliphatic heterocycles. The number of carbonyl (C=O) groups excluding carboxylic acids is 1. The largest absolute Gasteiger partial charge is 0.497 e. The molecule has 0 unspecified atom stereocenters. The Morgan fingerprint density at radius 1 is 1.12 bits per heavy atom. The van der Waals surface area contributed by atoms with E-state index in [0.717, 1.165) is 67.7 Å². The number of imidazole rings is 1. The van der Waals surface area contributed by atoms with E-state index < -0.39 is 0 Å². The average molecular weight is 463 g/mol. The number of benzene rings is 2. The van der Waals surface area contributed by atoms with Crippen LogP contribution in [0.4, 0.5) is 0 Å². The lowest BCUT2D eigenvalue weighted by molar-refractivity contribution is -0.122. The maximum absolute atomic E-state index is 12.5. The van der Waals surface area contributed by atoms with Gasteiger partial charge in [0.05, 0.1) is 26.0 Å². The second-order valence-corrected chi connectivity index (χ2v) is 8.93. The molecule has 7 heteroatoms. The second-order valence-electron chi connectivity index (χ2n) is 8.93. The van der Waals surface area contributed by atoms with Gasteiger partial charge in [-0.25, -0.2) is 4.98 Å². The number of amides is 1. The first kappa shape index (κ1) is 24.0. The molecular formula is C27H34N4O3. The van der Waals surface area contributed by atoms with Crippen molar-refractivity contribution in [3.05, 3.63) is 60.3 Å². The summed E-state index contributed by atoms with van der Waals surface area (Å²) < 4.78 is 12.7. The van der Waals surface area contributed by atoms with Gasteiger partial charge < -0.3 is 19.4 Å². The lowest BCUT2D eigenvalue weighted by Crippen LogP contribution is -2.37. The quantitative estimate of drug-likeness (QED) is 0.526. The Bertz CT molecular complexity index is 1090. The Labute approximate surface area is 201 Å². The molecule has 7 nitrogen and oxygen atoms in total. The van der Waals surface area contributed by atoms with E-state index in [2.05, 4.69) is 34.5 Å². The zero-order valence-corrected chi connectivity index (χ0v) is 20.3. The van der Waals surface area contributed by atoms with Crippen LogP contribution in [0.3, 0.4) is 0 Å². The number of methoxy groups -OCH3 is 1. The highest BCUT2D eigenvalue weighted by Gasteiger charge is 2.16. The Hall–Kier alpha value is -3.16. The minimum atomic E-state index is -0.0402. The normalized spacial score (nSPS) is 14.4. The van der Waals surface area contributed by atoms with Crippen molar-refractivity contribution in [1.82, 2.24) is 19.8 Å². The molecule has 2 heterocycles. The van der Waals surface area contributed by atoms with E-state index >= 15 is 0 Å². The van der Waals surface area contributed by atoms with E-state index in [0.29, 0.717) is 0 Å². The van der Waals surface area contributed by atoms with Crippen LogP contribution in [0.5, 0.6) is 5.75 Å². The van der Waals surface area contributed by atoms with Crippen molar-refractivity contribution in [2.45, 2.75) is 32.9 Å². The number of carbonyl (C=O) groups is 1. The van der Waals surface area contributed by atoms with Crippen molar-refractivity contribution in [2.24, 2.45) is 0 Å². The number of hydrogen-bond acceptors (Lipinski definition) is 5. The smallest absolute Gasteiger partial charge is 0.240 e. The highest BCUT2D eigenvalue weighted by Crippen LogP contribution is 2.27. The zero-order valence-electron chi connectivity index (χ0n) is 20.3. The summed E-state index contributed by atoms with van der Waals surface area (Å²) in [7, 11) is 1.65. The molecule has 1 N–H and O–H groups in total. The third kappa shape index (κ3) is 6.24. The van der Waals surface area contributed by atoms with E-state index in [-0.39, 0.29) is 18.5 Å². The molecule has 1 amide bonds. The fraction of sp³-hybridized carbons (Fsp3) is 0.407. The van der Waals surface area contributed by atoms with E-state index in [1.807, 2.05) is 48.9 Å². The van der Waals surface area contributed by atoms with E-state index in [1.165, 1.54) is 5.56 Å². The number of morpholine rings is 1. The van der Waals surface area contributed by atoms with Gasteiger partial charge in [0, 0.05) is 43.0 Å².